The first-order valence-corrected chi connectivity index (χ1v) is 6.27. The molecule has 0 saturated heterocycles. The summed E-state index contributed by atoms with van der Waals surface area (Å²) in [5.74, 6) is 0. The quantitative estimate of drug-likeness (QED) is 0.676. The molecular weight excluding hydrogens is 244 g/mol. The van der Waals surface area contributed by atoms with E-state index in [2.05, 4.69) is 36.4 Å². The molecule has 0 aliphatic rings. The van der Waals surface area contributed by atoms with Gasteiger partial charge < -0.3 is 0 Å². The second-order valence-electron chi connectivity index (χ2n) is 4.52. The van der Waals surface area contributed by atoms with Crippen LogP contribution in [0.15, 0.2) is 48.7 Å². The van der Waals surface area contributed by atoms with Crippen molar-refractivity contribution in [2.45, 2.75) is 13.5 Å². The predicted octanol–water partition coefficient (Wildman–Crippen LogP) is 4.05. The highest BCUT2D eigenvalue weighted by Crippen LogP contribution is 2.16. The topological polar surface area (TPSA) is 17.8 Å². The molecule has 2 aromatic carbocycles. The number of halogens is 1. The molecule has 0 saturated carbocycles. The summed E-state index contributed by atoms with van der Waals surface area (Å²) in [5.41, 5.74) is 3.49. The van der Waals surface area contributed by atoms with Gasteiger partial charge in [-0.3, -0.25) is 4.68 Å². The van der Waals surface area contributed by atoms with Gasteiger partial charge in [0.05, 0.1) is 12.1 Å². The Morgan fingerprint density at radius 3 is 2.67 bits per heavy atom. The van der Waals surface area contributed by atoms with Gasteiger partial charge in [0.1, 0.15) is 0 Å². The Kier molecular flexibility index (Phi) is 2.80. The van der Waals surface area contributed by atoms with E-state index in [1.54, 1.807) is 0 Å². The fraction of sp³-hybridized carbons (Fsp3) is 0.133. The molecule has 0 N–H and O–H groups in total. The number of benzene rings is 2. The zero-order chi connectivity index (χ0) is 12.5. The Balaban J connectivity index is 1.92. The Labute approximate surface area is 111 Å². The number of hydrogen-bond acceptors (Lipinski definition) is 1. The summed E-state index contributed by atoms with van der Waals surface area (Å²) in [6.45, 7) is 2.86. The van der Waals surface area contributed by atoms with Gasteiger partial charge in [0.25, 0.3) is 0 Å². The number of fused-ring (bicyclic) bond motifs is 1. The summed E-state index contributed by atoms with van der Waals surface area (Å²) >= 11 is 5.87. The first-order chi connectivity index (χ1) is 8.70. The Bertz CT molecular complexity index is 683. The van der Waals surface area contributed by atoms with Crippen molar-refractivity contribution < 1.29 is 0 Å². The van der Waals surface area contributed by atoms with E-state index in [0.29, 0.717) is 0 Å². The molecule has 0 radical (unpaired) electrons. The van der Waals surface area contributed by atoms with Crippen LogP contribution in [0.25, 0.3) is 10.9 Å². The van der Waals surface area contributed by atoms with Gasteiger partial charge in [-0.25, -0.2) is 0 Å². The van der Waals surface area contributed by atoms with Crippen LogP contribution in [0, 0.1) is 6.92 Å². The van der Waals surface area contributed by atoms with Crippen molar-refractivity contribution >= 4 is 22.5 Å². The van der Waals surface area contributed by atoms with E-state index in [1.165, 1.54) is 16.5 Å². The molecule has 3 heteroatoms. The molecule has 0 amide bonds. The Morgan fingerprint density at radius 2 is 1.89 bits per heavy atom. The average molecular weight is 257 g/mol. The first-order valence-electron chi connectivity index (χ1n) is 5.89. The van der Waals surface area contributed by atoms with Gasteiger partial charge in [0.15, 0.2) is 0 Å². The number of rotatable bonds is 2. The molecule has 0 spiro atoms. The van der Waals surface area contributed by atoms with Gasteiger partial charge in [0.2, 0.25) is 0 Å². The monoisotopic (exact) mass is 256 g/mol. The average Bonchev–Trinajstić information content (AvgIpc) is 2.73. The number of hydrogen-bond donors (Lipinski definition) is 0. The van der Waals surface area contributed by atoms with E-state index in [9.17, 15) is 0 Å². The minimum absolute atomic E-state index is 0.764. The molecular formula is C15H13ClN2. The maximum atomic E-state index is 5.87. The van der Waals surface area contributed by atoms with Crippen LogP contribution >= 0.6 is 11.6 Å². The third kappa shape index (κ3) is 2.24. The standard InChI is InChI=1S/C15H13ClN2/c1-11-2-7-15-13(8-11)10-18(17-15)9-12-3-5-14(16)6-4-12/h2-8,10H,9H2,1H3. The molecule has 3 rings (SSSR count). The highest BCUT2D eigenvalue weighted by atomic mass is 35.5. The summed E-state index contributed by atoms with van der Waals surface area (Å²) in [4.78, 5) is 0. The van der Waals surface area contributed by atoms with Crippen molar-refractivity contribution in [3.8, 4) is 0 Å². The first kappa shape index (κ1) is 11.3. The van der Waals surface area contributed by atoms with Gasteiger partial charge >= 0.3 is 0 Å². The van der Waals surface area contributed by atoms with E-state index in [0.717, 1.165) is 17.1 Å². The lowest BCUT2D eigenvalue weighted by molar-refractivity contribution is 0.696. The summed E-state index contributed by atoms with van der Waals surface area (Å²) in [7, 11) is 0. The molecule has 1 aromatic heterocycles. The largest absolute Gasteiger partial charge is 0.267 e. The molecule has 90 valence electrons. The SMILES string of the molecule is Cc1ccc2nn(Cc3ccc(Cl)cc3)cc2c1. The van der Waals surface area contributed by atoms with Crippen LogP contribution in [-0.2, 0) is 6.54 Å². The summed E-state index contributed by atoms with van der Waals surface area (Å²) in [5, 5.41) is 6.50. The van der Waals surface area contributed by atoms with Crippen LogP contribution in [0.1, 0.15) is 11.1 Å². The third-order valence-electron chi connectivity index (χ3n) is 2.97. The minimum Gasteiger partial charge on any atom is -0.267 e. The van der Waals surface area contributed by atoms with Crippen LogP contribution in [0.4, 0.5) is 0 Å². The van der Waals surface area contributed by atoms with E-state index in [4.69, 9.17) is 11.6 Å². The Hall–Kier alpha value is -1.80. The van der Waals surface area contributed by atoms with Gasteiger partial charge in [-0.1, -0.05) is 35.4 Å². The van der Waals surface area contributed by atoms with Crippen molar-refractivity contribution in [2.24, 2.45) is 0 Å². The third-order valence-corrected chi connectivity index (χ3v) is 3.22. The van der Waals surface area contributed by atoms with Crippen LogP contribution in [0.5, 0.6) is 0 Å². The highest BCUT2D eigenvalue weighted by molar-refractivity contribution is 6.30. The molecule has 0 unspecified atom stereocenters. The lowest BCUT2D eigenvalue weighted by atomic mass is 10.2. The van der Waals surface area contributed by atoms with E-state index in [-0.39, 0.29) is 0 Å². The molecule has 0 fully saturated rings. The number of aryl methyl sites for hydroxylation is 1. The predicted molar refractivity (Wildman–Crippen MR) is 75.0 cm³/mol. The maximum Gasteiger partial charge on any atom is 0.0923 e. The molecule has 0 aliphatic heterocycles. The van der Waals surface area contributed by atoms with Crippen molar-refractivity contribution in [3.63, 3.8) is 0 Å². The molecule has 0 atom stereocenters. The number of nitrogens with zero attached hydrogens (tertiary/aromatic N) is 2. The Morgan fingerprint density at radius 1 is 1.11 bits per heavy atom. The fourth-order valence-electron chi connectivity index (χ4n) is 2.05. The van der Waals surface area contributed by atoms with E-state index >= 15 is 0 Å². The van der Waals surface area contributed by atoms with Gasteiger partial charge in [-0.05, 0) is 36.8 Å². The maximum absolute atomic E-state index is 5.87. The molecule has 0 bridgehead atoms. The van der Waals surface area contributed by atoms with Gasteiger partial charge in [-0.2, -0.15) is 5.10 Å². The van der Waals surface area contributed by atoms with Crippen molar-refractivity contribution in [3.05, 3.63) is 64.8 Å². The second-order valence-corrected chi connectivity index (χ2v) is 4.95. The van der Waals surface area contributed by atoms with Crippen LogP contribution in [-0.4, -0.2) is 9.78 Å². The van der Waals surface area contributed by atoms with Gasteiger partial charge in [-0.15, -0.1) is 0 Å². The molecule has 0 aliphatic carbocycles. The summed E-state index contributed by atoms with van der Waals surface area (Å²) in [6.07, 6.45) is 2.08. The smallest absolute Gasteiger partial charge is 0.0923 e. The fourth-order valence-corrected chi connectivity index (χ4v) is 2.18. The van der Waals surface area contributed by atoms with Crippen molar-refractivity contribution in [2.75, 3.05) is 0 Å². The lowest BCUT2D eigenvalue weighted by Crippen LogP contribution is -1.99. The highest BCUT2D eigenvalue weighted by Gasteiger charge is 2.01. The van der Waals surface area contributed by atoms with E-state index < -0.39 is 0 Å². The van der Waals surface area contributed by atoms with Crippen molar-refractivity contribution in [1.29, 1.82) is 0 Å². The van der Waals surface area contributed by atoms with Gasteiger partial charge in [0, 0.05) is 16.6 Å². The van der Waals surface area contributed by atoms with E-state index in [1.807, 2.05) is 28.9 Å². The zero-order valence-electron chi connectivity index (χ0n) is 10.1. The van der Waals surface area contributed by atoms with Crippen LogP contribution in [0.2, 0.25) is 5.02 Å². The summed E-state index contributed by atoms with van der Waals surface area (Å²) < 4.78 is 1.97. The summed E-state index contributed by atoms with van der Waals surface area (Å²) in [6, 6.07) is 14.2. The molecule has 2 nitrogen and oxygen atoms in total. The zero-order valence-corrected chi connectivity index (χ0v) is 10.9. The van der Waals surface area contributed by atoms with Crippen molar-refractivity contribution in [1.82, 2.24) is 9.78 Å². The number of aromatic nitrogens is 2. The normalized spacial score (nSPS) is 11.0. The molecule has 1 heterocycles. The molecule has 18 heavy (non-hydrogen) atoms. The van der Waals surface area contributed by atoms with Crippen LogP contribution in [0.3, 0.4) is 0 Å². The minimum atomic E-state index is 0.764. The molecule has 3 aromatic rings. The lowest BCUT2D eigenvalue weighted by Gasteiger charge is -2.01. The second kappa shape index (κ2) is 4.46. The van der Waals surface area contributed by atoms with Crippen LogP contribution < -0.4 is 0 Å².